The molecule has 1 N–H and O–H groups in total. The summed E-state index contributed by atoms with van der Waals surface area (Å²) in [6, 6.07) is 22.7. The van der Waals surface area contributed by atoms with Crippen LogP contribution < -0.4 is 10.1 Å². The van der Waals surface area contributed by atoms with Gasteiger partial charge in [-0.05, 0) is 41.2 Å². The molecule has 1 atom stereocenters. The summed E-state index contributed by atoms with van der Waals surface area (Å²) in [6.07, 6.45) is 2.07. The first-order valence-electron chi connectivity index (χ1n) is 13.3. The van der Waals surface area contributed by atoms with E-state index in [2.05, 4.69) is 26.1 Å². The molecule has 3 aromatic rings. The van der Waals surface area contributed by atoms with E-state index in [1.807, 2.05) is 61.5 Å². The predicted octanol–water partition coefficient (Wildman–Crippen LogP) is 6.06. The van der Waals surface area contributed by atoms with Crippen LogP contribution in [0.5, 0.6) is 5.75 Å². The third-order valence-electron chi connectivity index (χ3n) is 6.48. The molecule has 38 heavy (non-hydrogen) atoms. The summed E-state index contributed by atoms with van der Waals surface area (Å²) >= 11 is 0. The van der Waals surface area contributed by atoms with Gasteiger partial charge < -0.3 is 15.0 Å². The first-order valence-corrected chi connectivity index (χ1v) is 13.3. The summed E-state index contributed by atoms with van der Waals surface area (Å²) in [5.74, 6) is -0.515. The molecular weight excluding hydrogens is 479 g/mol. The largest absolute Gasteiger partial charge is 0.484 e. The molecule has 0 bridgehead atoms. The number of carbonyl (C=O) groups excluding carboxylic acids is 2. The Morgan fingerprint density at radius 1 is 0.947 bits per heavy atom. The van der Waals surface area contributed by atoms with Gasteiger partial charge in [0.15, 0.2) is 6.61 Å². The minimum atomic E-state index is -0.826. The third kappa shape index (κ3) is 8.44. The van der Waals surface area contributed by atoms with Gasteiger partial charge in [-0.3, -0.25) is 9.59 Å². The molecule has 5 nitrogen and oxygen atoms in total. The topological polar surface area (TPSA) is 58.6 Å². The Labute approximate surface area is 226 Å². The highest BCUT2D eigenvalue weighted by atomic mass is 19.1. The molecule has 3 rings (SSSR count). The lowest BCUT2D eigenvalue weighted by atomic mass is 9.87. The molecule has 0 fully saturated rings. The zero-order chi connectivity index (χ0) is 27.5. The van der Waals surface area contributed by atoms with Gasteiger partial charge in [0.05, 0.1) is 0 Å². The van der Waals surface area contributed by atoms with E-state index in [1.165, 1.54) is 11.0 Å². The van der Waals surface area contributed by atoms with E-state index in [0.29, 0.717) is 24.3 Å². The molecule has 6 heteroatoms. The monoisotopic (exact) mass is 518 g/mol. The van der Waals surface area contributed by atoms with Crippen molar-refractivity contribution in [1.82, 2.24) is 10.2 Å². The number of halogens is 1. The number of rotatable bonds is 12. The van der Waals surface area contributed by atoms with Crippen molar-refractivity contribution in [2.75, 3.05) is 13.2 Å². The average Bonchev–Trinajstić information content (AvgIpc) is 2.90. The first-order chi connectivity index (χ1) is 18.2. The Bertz CT molecular complexity index is 1170. The SMILES string of the molecule is CCCCNC(=O)[C@@H](Cc1ccccc1)N(Cc1ccccc1F)C(=O)COc1ccc(C(C)(C)C)cc1. The van der Waals surface area contributed by atoms with Gasteiger partial charge in [-0.25, -0.2) is 4.39 Å². The molecule has 0 aliphatic rings. The van der Waals surface area contributed by atoms with E-state index in [9.17, 15) is 14.0 Å². The molecule has 0 aromatic heterocycles. The molecule has 0 unspecified atom stereocenters. The number of amides is 2. The van der Waals surface area contributed by atoms with Crippen LogP contribution in [0.2, 0.25) is 0 Å². The van der Waals surface area contributed by atoms with E-state index in [0.717, 1.165) is 24.0 Å². The van der Waals surface area contributed by atoms with Gasteiger partial charge in [-0.1, -0.05) is 94.8 Å². The second kappa shape index (κ2) is 13.8. The van der Waals surface area contributed by atoms with Crippen LogP contribution in [0.1, 0.15) is 57.2 Å². The lowest BCUT2D eigenvalue weighted by Crippen LogP contribution is -2.52. The second-order valence-electron chi connectivity index (χ2n) is 10.5. The number of nitrogens with zero attached hydrogens (tertiary/aromatic N) is 1. The minimum absolute atomic E-state index is 0.000697. The van der Waals surface area contributed by atoms with Gasteiger partial charge in [-0.15, -0.1) is 0 Å². The summed E-state index contributed by atoms with van der Waals surface area (Å²) in [4.78, 5) is 28.5. The summed E-state index contributed by atoms with van der Waals surface area (Å²) in [5, 5.41) is 2.97. The molecule has 0 radical (unpaired) electrons. The minimum Gasteiger partial charge on any atom is -0.484 e. The maximum Gasteiger partial charge on any atom is 0.261 e. The van der Waals surface area contributed by atoms with Crippen molar-refractivity contribution >= 4 is 11.8 Å². The van der Waals surface area contributed by atoms with Gasteiger partial charge in [0, 0.05) is 25.1 Å². The van der Waals surface area contributed by atoms with Crippen molar-refractivity contribution < 1.29 is 18.7 Å². The van der Waals surface area contributed by atoms with E-state index < -0.39 is 11.9 Å². The Kier molecular flexibility index (Phi) is 10.5. The van der Waals surface area contributed by atoms with Gasteiger partial charge in [0.25, 0.3) is 5.91 Å². The molecule has 0 saturated carbocycles. The highest BCUT2D eigenvalue weighted by Gasteiger charge is 2.31. The number of hydrogen-bond acceptors (Lipinski definition) is 3. The summed E-state index contributed by atoms with van der Waals surface area (Å²) in [6.45, 7) is 8.64. The van der Waals surface area contributed by atoms with Gasteiger partial charge in [0.1, 0.15) is 17.6 Å². The van der Waals surface area contributed by atoms with E-state index in [-0.39, 0.29) is 30.4 Å². The second-order valence-corrected chi connectivity index (χ2v) is 10.5. The number of benzene rings is 3. The zero-order valence-corrected chi connectivity index (χ0v) is 22.9. The van der Waals surface area contributed by atoms with Crippen molar-refractivity contribution in [1.29, 1.82) is 0 Å². The van der Waals surface area contributed by atoms with Crippen LogP contribution in [0.15, 0.2) is 78.9 Å². The van der Waals surface area contributed by atoms with Gasteiger partial charge >= 0.3 is 0 Å². The normalized spacial score (nSPS) is 12.0. The summed E-state index contributed by atoms with van der Waals surface area (Å²) in [5.41, 5.74) is 2.41. The van der Waals surface area contributed by atoms with Crippen LogP contribution in [0, 0.1) is 5.82 Å². The fourth-order valence-corrected chi connectivity index (χ4v) is 4.15. The first kappa shape index (κ1) is 28.9. The van der Waals surface area contributed by atoms with Gasteiger partial charge in [-0.2, -0.15) is 0 Å². The molecule has 0 heterocycles. The molecule has 0 aliphatic heterocycles. The fourth-order valence-electron chi connectivity index (χ4n) is 4.15. The average molecular weight is 519 g/mol. The summed E-state index contributed by atoms with van der Waals surface area (Å²) < 4.78 is 20.5. The highest BCUT2D eigenvalue weighted by molar-refractivity contribution is 5.88. The standard InChI is InChI=1S/C32H39FN2O3/c1-5-6-20-34-31(37)29(21-24-12-8-7-9-13-24)35(22-25-14-10-11-15-28(25)33)30(36)23-38-27-18-16-26(17-19-27)32(2,3)4/h7-19,29H,5-6,20-23H2,1-4H3,(H,34,37)/t29-/m1/s1. The number of carbonyl (C=O) groups is 2. The Hall–Kier alpha value is -3.67. The van der Waals surface area contributed by atoms with Crippen molar-refractivity contribution in [3.63, 3.8) is 0 Å². The zero-order valence-electron chi connectivity index (χ0n) is 22.9. The number of unbranched alkanes of at least 4 members (excludes halogenated alkanes) is 1. The van der Waals surface area contributed by atoms with Crippen LogP contribution in [0.25, 0.3) is 0 Å². The molecule has 0 spiro atoms. The molecule has 2 amide bonds. The molecule has 0 aliphatic carbocycles. The number of ether oxygens (including phenoxy) is 1. The molecule has 202 valence electrons. The fraction of sp³-hybridized carbons (Fsp3) is 0.375. The van der Waals surface area contributed by atoms with E-state index >= 15 is 0 Å². The number of nitrogens with one attached hydrogen (secondary N) is 1. The maximum absolute atomic E-state index is 14.7. The Morgan fingerprint density at radius 3 is 2.24 bits per heavy atom. The third-order valence-corrected chi connectivity index (χ3v) is 6.48. The molecular formula is C32H39FN2O3. The molecule has 0 saturated heterocycles. The Morgan fingerprint density at radius 2 is 1.61 bits per heavy atom. The van der Waals surface area contributed by atoms with Crippen LogP contribution in [-0.2, 0) is 28.0 Å². The quantitative estimate of drug-likeness (QED) is 0.297. The van der Waals surface area contributed by atoms with Crippen LogP contribution in [0.3, 0.4) is 0 Å². The number of hydrogen-bond donors (Lipinski definition) is 1. The lowest BCUT2D eigenvalue weighted by molar-refractivity contribution is -0.142. The maximum atomic E-state index is 14.7. The van der Waals surface area contributed by atoms with E-state index in [1.54, 1.807) is 18.2 Å². The summed E-state index contributed by atoms with van der Waals surface area (Å²) in [7, 11) is 0. The van der Waals surface area contributed by atoms with E-state index in [4.69, 9.17) is 4.74 Å². The van der Waals surface area contributed by atoms with Crippen molar-refractivity contribution in [2.24, 2.45) is 0 Å². The van der Waals surface area contributed by atoms with Crippen molar-refractivity contribution in [2.45, 2.75) is 65.0 Å². The smallest absolute Gasteiger partial charge is 0.261 e. The Balaban J connectivity index is 1.87. The predicted molar refractivity (Wildman–Crippen MR) is 149 cm³/mol. The van der Waals surface area contributed by atoms with Crippen molar-refractivity contribution in [3.05, 3.63) is 101 Å². The highest BCUT2D eigenvalue weighted by Crippen LogP contribution is 2.24. The van der Waals surface area contributed by atoms with Crippen molar-refractivity contribution in [3.8, 4) is 5.75 Å². The van der Waals surface area contributed by atoms with Crippen LogP contribution in [0.4, 0.5) is 4.39 Å². The molecule has 3 aromatic carbocycles. The van der Waals surface area contributed by atoms with Crippen LogP contribution >= 0.6 is 0 Å². The van der Waals surface area contributed by atoms with Crippen LogP contribution in [-0.4, -0.2) is 35.9 Å². The lowest BCUT2D eigenvalue weighted by Gasteiger charge is -2.31. The van der Waals surface area contributed by atoms with Gasteiger partial charge in [0.2, 0.25) is 5.91 Å².